The molecule has 0 aliphatic rings. The Balaban J connectivity index is 2.42. The molecule has 5 heteroatoms. The molecule has 20 heavy (non-hydrogen) atoms. The smallest absolute Gasteiger partial charge is 0.0743 e. The molecule has 1 N–H and O–H groups in total. The molecule has 1 heterocycles. The number of hydrogen-bond donors (Lipinski definition) is 1. The fourth-order valence-electron chi connectivity index (χ4n) is 2.16. The number of halogens is 2. The normalized spacial score (nSPS) is 11.1. The fourth-order valence-corrected chi connectivity index (χ4v) is 2.60. The SMILES string of the molecule is CCCNCc1cc(Cl)ccc1-n1nc(C)c(Br)c1C. The Labute approximate surface area is 133 Å². The van der Waals surface area contributed by atoms with E-state index < -0.39 is 0 Å². The van der Waals surface area contributed by atoms with Gasteiger partial charge in [-0.2, -0.15) is 5.10 Å². The molecule has 3 nitrogen and oxygen atoms in total. The molecule has 0 saturated carbocycles. The lowest BCUT2D eigenvalue weighted by Crippen LogP contribution is -2.16. The minimum atomic E-state index is 0.752. The van der Waals surface area contributed by atoms with Gasteiger partial charge in [0.1, 0.15) is 0 Å². The number of hydrogen-bond acceptors (Lipinski definition) is 2. The molecule has 2 rings (SSSR count). The highest BCUT2D eigenvalue weighted by Crippen LogP contribution is 2.26. The molecule has 0 fully saturated rings. The largest absolute Gasteiger partial charge is 0.313 e. The van der Waals surface area contributed by atoms with Crippen LogP contribution in [-0.4, -0.2) is 16.3 Å². The summed E-state index contributed by atoms with van der Waals surface area (Å²) in [6.45, 7) is 8.00. The maximum atomic E-state index is 6.13. The van der Waals surface area contributed by atoms with E-state index in [1.807, 2.05) is 29.8 Å². The molecule has 0 atom stereocenters. The Morgan fingerprint density at radius 3 is 2.70 bits per heavy atom. The van der Waals surface area contributed by atoms with Crippen molar-refractivity contribution < 1.29 is 0 Å². The first-order valence-electron chi connectivity index (χ1n) is 6.75. The number of aromatic nitrogens is 2. The van der Waals surface area contributed by atoms with Gasteiger partial charge in [0.05, 0.1) is 21.5 Å². The second-order valence-electron chi connectivity index (χ2n) is 4.85. The molecular weight excluding hydrogens is 338 g/mol. The van der Waals surface area contributed by atoms with Gasteiger partial charge in [-0.15, -0.1) is 0 Å². The lowest BCUT2D eigenvalue weighted by molar-refractivity contribution is 0.669. The summed E-state index contributed by atoms with van der Waals surface area (Å²) in [4.78, 5) is 0. The molecule has 1 aromatic carbocycles. The van der Waals surface area contributed by atoms with Crippen molar-refractivity contribution in [1.29, 1.82) is 0 Å². The number of nitrogens with zero attached hydrogens (tertiary/aromatic N) is 2. The van der Waals surface area contributed by atoms with Gasteiger partial charge < -0.3 is 5.32 Å². The van der Waals surface area contributed by atoms with E-state index in [9.17, 15) is 0 Å². The molecule has 0 bridgehead atoms. The fraction of sp³-hybridized carbons (Fsp3) is 0.400. The number of aryl methyl sites for hydroxylation is 1. The van der Waals surface area contributed by atoms with Crippen molar-refractivity contribution in [1.82, 2.24) is 15.1 Å². The summed E-state index contributed by atoms with van der Waals surface area (Å²) in [7, 11) is 0. The van der Waals surface area contributed by atoms with Crippen molar-refractivity contribution in [2.45, 2.75) is 33.7 Å². The minimum absolute atomic E-state index is 0.752. The molecule has 0 aliphatic carbocycles. The first-order valence-corrected chi connectivity index (χ1v) is 7.93. The van der Waals surface area contributed by atoms with Gasteiger partial charge in [0.25, 0.3) is 0 Å². The highest BCUT2D eigenvalue weighted by molar-refractivity contribution is 9.10. The zero-order valence-corrected chi connectivity index (χ0v) is 14.3. The minimum Gasteiger partial charge on any atom is -0.313 e. The molecule has 108 valence electrons. The summed E-state index contributed by atoms with van der Waals surface area (Å²) in [5.41, 5.74) is 4.32. The van der Waals surface area contributed by atoms with Crippen molar-refractivity contribution in [2.75, 3.05) is 6.54 Å². The van der Waals surface area contributed by atoms with Crippen LogP contribution in [0.5, 0.6) is 0 Å². The summed E-state index contributed by atoms with van der Waals surface area (Å²) in [5, 5.41) is 8.77. The number of benzene rings is 1. The third-order valence-electron chi connectivity index (χ3n) is 3.21. The van der Waals surface area contributed by atoms with E-state index in [2.05, 4.69) is 40.2 Å². The monoisotopic (exact) mass is 355 g/mol. The molecule has 0 aliphatic heterocycles. The van der Waals surface area contributed by atoms with Crippen LogP contribution in [0.2, 0.25) is 5.02 Å². The van der Waals surface area contributed by atoms with E-state index >= 15 is 0 Å². The Kier molecular flexibility index (Phi) is 5.24. The quantitative estimate of drug-likeness (QED) is 0.804. The van der Waals surface area contributed by atoms with Crippen LogP contribution in [0.4, 0.5) is 0 Å². The summed E-state index contributed by atoms with van der Waals surface area (Å²) in [6, 6.07) is 5.94. The van der Waals surface area contributed by atoms with Crippen LogP contribution < -0.4 is 5.32 Å². The van der Waals surface area contributed by atoms with Crippen molar-refractivity contribution in [2.24, 2.45) is 0 Å². The maximum absolute atomic E-state index is 6.13. The lowest BCUT2D eigenvalue weighted by Gasteiger charge is -2.12. The van der Waals surface area contributed by atoms with Crippen LogP contribution in [0.15, 0.2) is 22.7 Å². The molecule has 1 aromatic heterocycles. The van der Waals surface area contributed by atoms with Crippen LogP contribution in [-0.2, 0) is 6.54 Å². The van der Waals surface area contributed by atoms with Crippen molar-refractivity contribution in [3.8, 4) is 5.69 Å². The maximum Gasteiger partial charge on any atom is 0.0743 e. The first-order chi connectivity index (χ1) is 9.54. The van der Waals surface area contributed by atoms with Crippen molar-refractivity contribution in [3.63, 3.8) is 0 Å². The van der Waals surface area contributed by atoms with Gasteiger partial charge in [-0.05, 0) is 66.5 Å². The van der Waals surface area contributed by atoms with Crippen molar-refractivity contribution in [3.05, 3.63) is 44.6 Å². The van der Waals surface area contributed by atoms with E-state index in [0.29, 0.717) is 0 Å². The van der Waals surface area contributed by atoms with Crippen LogP contribution in [0.25, 0.3) is 5.69 Å². The Bertz CT molecular complexity index is 607. The highest BCUT2D eigenvalue weighted by atomic mass is 79.9. The summed E-state index contributed by atoms with van der Waals surface area (Å²) >= 11 is 9.70. The van der Waals surface area contributed by atoms with E-state index in [1.165, 1.54) is 0 Å². The Morgan fingerprint density at radius 2 is 2.10 bits per heavy atom. The molecule has 0 unspecified atom stereocenters. The van der Waals surface area contributed by atoms with E-state index in [4.69, 9.17) is 11.6 Å². The zero-order valence-electron chi connectivity index (χ0n) is 12.0. The van der Waals surface area contributed by atoms with Crippen LogP contribution >= 0.6 is 27.5 Å². The van der Waals surface area contributed by atoms with E-state index in [-0.39, 0.29) is 0 Å². The van der Waals surface area contributed by atoms with Gasteiger partial charge >= 0.3 is 0 Å². The van der Waals surface area contributed by atoms with E-state index in [1.54, 1.807) is 0 Å². The van der Waals surface area contributed by atoms with Gasteiger partial charge in [-0.3, -0.25) is 0 Å². The summed E-state index contributed by atoms with van der Waals surface area (Å²) in [6.07, 6.45) is 1.11. The number of rotatable bonds is 5. The van der Waals surface area contributed by atoms with Crippen LogP contribution in [0, 0.1) is 13.8 Å². The highest BCUT2D eigenvalue weighted by Gasteiger charge is 2.13. The lowest BCUT2D eigenvalue weighted by atomic mass is 10.1. The number of nitrogens with one attached hydrogen (secondary N) is 1. The van der Waals surface area contributed by atoms with Gasteiger partial charge in [-0.1, -0.05) is 18.5 Å². The Hall–Kier alpha value is -0.840. The third-order valence-corrected chi connectivity index (χ3v) is 4.60. The predicted molar refractivity (Wildman–Crippen MR) is 87.7 cm³/mol. The predicted octanol–water partition coefficient (Wildman–Crippen LogP) is 4.40. The molecular formula is C15H19BrClN3. The molecule has 0 radical (unpaired) electrons. The van der Waals surface area contributed by atoms with Crippen LogP contribution in [0.3, 0.4) is 0 Å². The zero-order chi connectivity index (χ0) is 14.7. The van der Waals surface area contributed by atoms with Gasteiger partial charge in [-0.25, -0.2) is 4.68 Å². The topological polar surface area (TPSA) is 29.9 Å². The van der Waals surface area contributed by atoms with E-state index in [0.717, 1.165) is 51.6 Å². The third kappa shape index (κ3) is 3.25. The second-order valence-corrected chi connectivity index (χ2v) is 6.08. The molecule has 0 amide bonds. The van der Waals surface area contributed by atoms with Gasteiger partial charge in [0.15, 0.2) is 0 Å². The standard InChI is InChI=1S/C15H19BrClN3/c1-4-7-18-9-12-8-13(17)5-6-14(12)20-11(3)15(16)10(2)19-20/h5-6,8,18H,4,7,9H2,1-3H3. The molecule has 0 spiro atoms. The van der Waals surface area contributed by atoms with Gasteiger partial charge in [0.2, 0.25) is 0 Å². The molecule has 0 saturated heterocycles. The summed E-state index contributed by atoms with van der Waals surface area (Å²) in [5.74, 6) is 0. The van der Waals surface area contributed by atoms with Crippen LogP contribution in [0.1, 0.15) is 30.3 Å². The summed E-state index contributed by atoms with van der Waals surface area (Å²) < 4.78 is 3.03. The second kappa shape index (κ2) is 6.74. The Morgan fingerprint density at radius 1 is 1.35 bits per heavy atom. The molecule has 2 aromatic rings. The van der Waals surface area contributed by atoms with Crippen molar-refractivity contribution >= 4 is 27.5 Å². The van der Waals surface area contributed by atoms with Gasteiger partial charge in [0, 0.05) is 11.6 Å². The first kappa shape index (κ1) is 15.5. The average molecular weight is 357 g/mol. The average Bonchev–Trinajstić information content (AvgIpc) is 2.67.